The van der Waals surface area contributed by atoms with Crippen molar-refractivity contribution in [3.8, 4) is 5.75 Å². The molecule has 2 N–H and O–H groups in total. The Hall–Kier alpha value is -1.23. The van der Waals surface area contributed by atoms with Crippen molar-refractivity contribution >= 4 is 17.7 Å². The van der Waals surface area contributed by atoms with E-state index in [9.17, 15) is 14.3 Å². The lowest BCUT2D eigenvalue weighted by Gasteiger charge is -2.21. The number of carbonyl (C=O) groups is 1. The minimum Gasteiger partial charge on any atom is -0.507 e. The van der Waals surface area contributed by atoms with Gasteiger partial charge in [0.25, 0.3) is 5.91 Å². The number of thioether (sulfide) groups is 1. The standard InChI is InChI=1S/C13H16FNO2S/c14-10-1-2-11(12(16)7-10)13(17)15-8-9-3-5-18-6-4-9/h1-2,7,9,16H,3-6,8H2,(H,15,17). The van der Waals surface area contributed by atoms with Crippen LogP contribution in [0, 0.1) is 11.7 Å². The molecule has 98 valence electrons. The molecule has 0 unspecified atom stereocenters. The van der Waals surface area contributed by atoms with Gasteiger partial charge in [-0.2, -0.15) is 11.8 Å². The summed E-state index contributed by atoms with van der Waals surface area (Å²) in [6.07, 6.45) is 2.22. The summed E-state index contributed by atoms with van der Waals surface area (Å²) >= 11 is 1.94. The molecule has 1 aromatic carbocycles. The second-order valence-corrected chi connectivity index (χ2v) is 5.65. The zero-order chi connectivity index (χ0) is 13.0. The lowest BCUT2D eigenvalue weighted by Crippen LogP contribution is -2.31. The molecule has 0 radical (unpaired) electrons. The molecule has 0 spiro atoms. The van der Waals surface area contributed by atoms with E-state index in [1.807, 2.05) is 11.8 Å². The molecule has 0 bridgehead atoms. The number of halogens is 1. The number of rotatable bonds is 3. The van der Waals surface area contributed by atoms with Crippen molar-refractivity contribution in [2.24, 2.45) is 5.92 Å². The Labute approximate surface area is 110 Å². The molecule has 5 heteroatoms. The molecular weight excluding hydrogens is 253 g/mol. The smallest absolute Gasteiger partial charge is 0.255 e. The van der Waals surface area contributed by atoms with E-state index in [4.69, 9.17) is 0 Å². The molecule has 0 atom stereocenters. The molecule has 3 nitrogen and oxygen atoms in total. The number of hydrogen-bond acceptors (Lipinski definition) is 3. The van der Waals surface area contributed by atoms with Gasteiger partial charge in [0.15, 0.2) is 0 Å². The first kappa shape index (κ1) is 13.2. The third-order valence-electron chi connectivity index (χ3n) is 3.10. The number of benzene rings is 1. The minimum atomic E-state index is -0.548. The summed E-state index contributed by atoms with van der Waals surface area (Å²) < 4.78 is 12.8. The summed E-state index contributed by atoms with van der Waals surface area (Å²) in [5.41, 5.74) is 0.126. The van der Waals surface area contributed by atoms with Crippen LogP contribution in [0.5, 0.6) is 5.75 Å². The summed E-state index contributed by atoms with van der Waals surface area (Å²) in [6, 6.07) is 3.43. The molecule has 1 aliphatic heterocycles. The average molecular weight is 269 g/mol. The van der Waals surface area contributed by atoms with Crippen LogP contribution in [-0.4, -0.2) is 29.1 Å². The maximum absolute atomic E-state index is 12.8. The lowest BCUT2D eigenvalue weighted by molar-refractivity contribution is 0.0943. The molecule has 0 aliphatic carbocycles. The largest absolute Gasteiger partial charge is 0.507 e. The molecule has 1 saturated heterocycles. The zero-order valence-electron chi connectivity index (χ0n) is 9.99. The van der Waals surface area contributed by atoms with Crippen molar-refractivity contribution in [2.75, 3.05) is 18.1 Å². The molecule has 18 heavy (non-hydrogen) atoms. The summed E-state index contributed by atoms with van der Waals surface area (Å²) in [5, 5.41) is 12.3. The Morgan fingerprint density at radius 3 is 2.83 bits per heavy atom. The van der Waals surface area contributed by atoms with Crippen LogP contribution in [0.15, 0.2) is 18.2 Å². The molecule has 1 fully saturated rings. The van der Waals surface area contributed by atoms with Crippen molar-refractivity contribution in [1.29, 1.82) is 0 Å². The fourth-order valence-corrected chi connectivity index (χ4v) is 3.18. The van der Waals surface area contributed by atoms with E-state index in [1.165, 1.54) is 12.1 Å². The third-order valence-corrected chi connectivity index (χ3v) is 4.15. The lowest BCUT2D eigenvalue weighted by atomic mass is 10.0. The number of phenolic OH excluding ortho intramolecular Hbond substituents is 1. The zero-order valence-corrected chi connectivity index (χ0v) is 10.8. The first-order valence-electron chi connectivity index (χ1n) is 6.01. The fraction of sp³-hybridized carbons (Fsp3) is 0.462. The molecule has 1 heterocycles. The third kappa shape index (κ3) is 3.38. The van der Waals surface area contributed by atoms with E-state index in [0.717, 1.165) is 30.4 Å². The molecule has 2 rings (SSSR count). The maximum Gasteiger partial charge on any atom is 0.255 e. The Morgan fingerprint density at radius 2 is 2.17 bits per heavy atom. The molecule has 1 aliphatic rings. The number of aromatic hydroxyl groups is 1. The van der Waals surface area contributed by atoms with E-state index >= 15 is 0 Å². The molecular formula is C13H16FNO2S. The van der Waals surface area contributed by atoms with Crippen molar-refractivity contribution < 1.29 is 14.3 Å². The van der Waals surface area contributed by atoms with Gasteiger partial charge in [-0.25, -0.2) is 4.39 Å². The topological polar surface area (TPSA) is 49.3 Å². The highest BCUT2D eigenvalue weighted by molar-refractivity contribution is 7.99. The highest BCUT2D eigenvalue weighted by Crippen LogP contribution is 2.22. The van der Waals surface area contributed by atoms with E-state index < -0.39 is 5.82 Å². The van der Waals surface area contributed by atoms with Gasteiger partial charge >= 0.3 is 0 Å². The van der Waals surface area contributed by atoms with E-state index in [0.29, 0.717) is 12.5 Å². The monoisotopic (exact) mass is 269 g/mol. The first-order valence-corrected chi connectivity index (χ1v) is 7.17. The van der Waals surface area contributed by atoms with Gasteiger partial charge in [-0.3, -0.25) is 4.79 Å². The van der Waals surface area contributed by atoms with Crippen LogP contribution in [0.25, 0.3) is 0 Å². The highest BCUT2D eigenvalue weighted by Gasteiger charge is 2.16. The first-order chi connectivity index (χ1) is 8.66. The van der Waals surface area contributed by atoms with Gasteiger partial charge in [0.1, 0.15) is 11.6 Å². The molecule has 1 amide bonds. The number of hydrogen-bond donors (Lipinski definition) is 2. The summed E-state index contributed by atoms with van der Waals surface area (Å²) in [7, 11) is 0. The van der Waals surface area contributed by atoms with Gasteiger partial charge in [-0.15, -0.1) is 0 Å². The van der Waals surface area contributed by atoms with E-state index in [2.05, 4.69) is 5.32 Å². The van der Waals surface area contributed by atoms with Crippen molar-refractivity contribution in [3.63, 3.8) is 0 Å². The number of carbonyl (C=O) groups excluding carboxylic acids is 1. The highest BCUT2D eigenvalue weighted by atomic mass is 32.2. The summed E-state index contributed by atoms with van der Waals surface area (Å²) in [4.78, 5) is 11.8. The fourth-order valence-electron chi connectivity index (χ4n) is 1.98. The van der Waals surface area contributed by atoms with Gasteiger partial charge < -0.3 is 10.4 Å². The normalized spacial score (nSPS) is 16.5. The van der Waals surface area contributed by atoms with Gasteiger partial charge in [0.2, 0.25) is 0 Å². The quantitative estimate of drug-likeness (QED) is 0.886. The Bertz CT molecular complexity index is 433. The van der Waals surface area contributed by atoms with Crippen molar-refractivity contribution in [2.45, 2.75) is 12.8 Å². The van der Waals surface area contributed by atoms with Crippen LogP contribution < -0.4 is 5.32 Å². The number of amides is 1. The predicted octanol–water partition coefficient (Wildman–Crippen LogP) is 2.40. The summed E-state index contributed by atoms with van der Waals surface area (Å²) in [6.45, 7) is 0.621. The van der Waals surface area contributed by atoms with Crippen molar-refractivity contribution in [3.05, 3.63) is 29.6 Å². The maximum atomic E-state index is 12.8. The van der Waals surface area contributed by atoms with E-state index in [-0.39, 0.29) is 17.2 Å². The van der Waals surface area contributed by atoms with Gasteiger partial charge in [-0.05, 0) is 42.4 Å². The number of phenols is 1. The van der Waals surface area contributed by atoms with Crippen LogP contribution in [-0.2, 0) is 0 Å². The summed E-state index contributed by atoms with van der Waals surface area (Å²) in [5.74, 6) is 1.59. The van der Waals surface area contributed by atoms with Crippen LogP contribution in [0.2, 0.25) is 0 Å². The van der Waals surface area contributed by atoms with Crippen LogP contribution in [0.4, 0.5) is 4.39 Å². The number of nitrogens with one attached hydrogen (secondary N) is 1. The van der Waals surface area contributed by atoms with Crippen LogP contribution in [0.3, 0.4) is 0 Å². The minimum absolute atomic E-state index is 0.126. The van der Waals surface area contributed by atoms with Gasteiger partial charge in [-0.1, -0.05) is 0 Å². The molecule has 0 saturated carbocycles. The SMILES string of the molecule is O=C(NCC1CCSCC1)c1ccc(F)cc1O. The van der Waals surface area contributed by atoms with E-state index in [1.54, 1.807) is 0 Å². The van der Waals surface area contributed by atoms with Gasteiger partial charge in [0, 0.05) is 12.6 Å². The second-order valence-electron chi connectivity index (χ2n) is 4.43. The second kappa shape index (κ2) is 6.09. The van der Waals surface area contributed by atoms with Crippen LogP contribution >= 0.6 is 11.8 Å². The predicted molar refractivity (Wildman–Crippen MR) is 70.4 cm³/mol. The van der Waals surface area contributed by atoms with Gasteiger partial charge in [0.05, 0.1) is 5.56 Å². The average Bonchev–Trinajstić information content (AvgIpc) is 2.37. The van der Waals surface area contributed by atoms with Crippen molar-refractivity contribution in [1.82, 2.24) is 5.32 Å². The Morgan fingerprint density at radius 1 is 1.44 bits per heavy atom. The molecule has 1 aromatic rings. The molecule has 0 aromatic heterocycles. The Kier molecular flexibility index (Phi) is 4.47. The van der Waals surface area contributed by atoms with Crippen LogP contribution in [0.1, 0.15) is 23.2 Å². The Balaban J connectivity index is 1.90.